The van der Waals surface area contributed by atoms with Crippen molar-refractivity contribution in [2.75, 3.05) is 19.6 Å². The van der Waals surface area contributed by atoms with Gasteiger partial charge < -0.3 is 15.7 Å². The summed E-state index contributed by atoms with van der Waals surface area (Å²) < 4.78 is 0. The molecule has 1 atom stereocenters. The number of unbranched alkanes of at least 4 members (excludes halogenated alkanes) is 1. The van der Waals surface area contributed by atoms with Gasteiger partial charge in [-0.15, -0.1) is 0 Å². The molecule has 0 aliphatic rings. The molecule has 6 nitrogen and oxygen atoms in total. The molecule has 0 radical (unpaired) electrons. The summed E-state index contributed by atoms with van der Waals surface area (Å²) in [5.41, 5.74) is 1.93. The quantitative estimate of drug-likeness (QED) is 0.280. The minimum Gasteiger partial charge on any atom is -0.481 e. The highest BCUT2D eigenvalue weighted by molar-refractivity contribution is 6.35. The lowest BCUT2D eigenvalue weighted by Crippen LogP contribution is -2.36. The number of nitrogens with one attached hydrogen (secondary N) is 2. The van der Waals surface area contributed by atoms with Crippen molar-refractivity contribution < 1.29 is 14.7 Å². The summed E-state index contributed by atoms with van der Waals surface area (Å²) in [7, 11) is 0. The number of halogens is 3. The number of amides is 2. The molecule has 0 spiro atoms. The maximum absolute atomic E-state index is 12.0. The van der Waals surface area contributed by atoms with Crippen molar-refractivity contribution in [2.24, 2.45) is 0 Å². The van der Waals surface area contributed by atoms with E-state index in [4.69, 9.17) is 39.9 Å². The maximum atomic E-state index is 12.0. The molecule has 0 saturated carbocycles. The zero-order valence-electron chi connectivity index (χ0n) is 18.6. The van der Waals surface area contributed by atoms with Crippen LogP contribution in [0.5, 0.6) is 0 Å². The second-order valence-electron chi connectivity index (χ2n) is 7.81. The molecule has 3 N–H and O–H groups in total. The van der Waals surface area contributed by atoms with Gasteiger partial charge in [0.2, 0.25) is 0 Å². The van der Waals surface area contributed by atoms with Crippen LogP contribution in [0.3, 0.4) is 0 Å². The zero-order chi connectivity index (χ0) is 24.2. The van der Waals surface area contributed by atoms with Gasteiger partial charge in [-0.25, -0.2) is 4.79 Å². The van der Waals surface area contributed by atoms with E-state index in [0.717, 1.165) is 30.5 Å². The molecule has 0 saturated heterocycles. The van der Waals surface area contributed by atoms with Crippen LogP contribution in [0.4, 0.5) is 4.79 Å². The number of carbonyl (C=O) groups is 2. The lowest BCUT2D eigenvalue weighted by molar-refractivity contribution is -0.137. The van der Waals surface area contributed by atoms with Crippen molar-refractivity contribution in [1.82, 2.24) is 15.5 Å². The molecule has 0 heterocycles. The van der Waals surface area contributed by atoms with E-state index in [-0.39, 0.29) is 18.5 Å². The summed E-state index contributed by atoms with van der Waals surface area (Å²) in [5, 5.41) is 16.4. The highest BCUT2D eigenvalue weighted by Crippen LogP contribution is 2.23. The van der Waals surface area contributed by atoms with Gasteiger partial charge in [-0.05, 0) is 74.7 Å². The van der Waals surface area contributed by atoms with Crippen LogP contribution in [0.1, 0.15) is 49.8 Å². The Kier molecular flexibility index (Phi) is 11.8. The Hall–Kier alpha value is -1.99. The van der Waals surface area contributed by atoms with Crippen molar-refractivity contribution >= 4 is 46.8 Å². The number of urea groups is 1. The van der Waals surface area contributed by atoms with Crippen LogP contribution in [0, 0.1) is 0 Å². The second-order valence-corrected chi connectivity index (χ2v) is 9.09. The molecule has 9 heteroatoms. The number of carbonyl (C=O) groups excluding carboxylic acids is 1. The number of nitrogens with zero attached hydrogens (tertiary/aromatic N) is 1. The van der Waals surface area contributed by atoms with Gasteiger partial charge in [-0.3, -0.25) is 9.69 Å². The van der Waals surface area contributed by atoms with Gasteiger partial charge in [0.25, 0.3) is 0 Å². The van der Waals surface area contributed by atoms with Crippen LogP contribution in [0.2, 0.25) is 15.1 Å². The summed E-state index contributed by atoms with van der Waals surface area (Å²) in [5.74, 6) is -0.788. The Balaban J connectivity index is 1.75. The SMILES string of the molecule is CC(c1ccc(Cl)cc1)N(CCCCNC(=O)NCc1ccc(Cl)cc1Cl)CCCC(=O)O. The molecule has 2 aromatic carbocycles. The predicted molar refractivity (Wildman–Crippen MR) is 134 cm³/mol. The predicted octanol–water partition coefficient (Wildman–Crippen LogP) is 6.15. The van der Waals surface area contributed by atoms with E-state index in [2.05, 4.69) is 22.5 Å². The number of hydrogen-bond acceptors (Lipinski definition) is 3. The van der Waals surface area contributed by atoms with Crippen LogP contribution in [0.15, 0.2) is 42.5 Å². The molecule has 0 bridgehead atoms. The number of hydrogen-bond donors (Lipinski definition) is 3. The summed E-state index contributed by atoms with van der Waals surface area (Å²) in [6.07, 6.45) is 2.40. The van der Waals surface area contributed by atoms with Gasteiger partial charge in [0.15, 0.2) is 0 Å². The van der Waals surface area contributed by atoms with E-state index in [1.54, 1.807) is 18.2 Å². The lowest BCUT2D eigenvalue weighted by atomic mass is 10.1. The van der Waals surface area contributed by atoms with Crippen LogP contribution >= 0.6 is 34.8 Å². The monoisotopic (exact) mass is 513 g/mol. The average Bonchev–Trinajstić information content (AvgIpc) is 2.77. The number of carboxylic acid groups (broad SMARTS) is 1. The van der Waals surface area contributed by atoms with E-state index in [1.807, 2.05) is 24.3 Å². The molecule has 33 heavy (non-hydrogen) atoms. The first-order valence-corrected chi connectivity index (χ1v) is 12.1. The minimum atomic E-state index is -0.788. The standard InChI is InChI=1S/C24H30Cl3N3O3/c1-17(18-6-9-20(25)10-7-18)30(14-4-5-23(31)32)13-3-2-12-28-24(33)29-16-19-8-11-21(26)15-22(19)27/h6-11,15,17H,2-5,12-14,16H2,1H3,(H,31,32)(H2,28,29,33). The third-order valence-electron chi connectivity index (χ3n) is 5.35. The Morgan fingerprint density at radius 1 is 0.939 bits per heavy atom. The van der Waals surface area contributed by atoms with Crippen molar-refractivity contribution in [3.8, 4) is 0 Å². The first kappa shape index (κ1) is 27.3. The third kappa shape index (κ3) is 10.2. The van der Waals surface area contributed by atoms with Crippen molar-refractivity contribution in [2.45, 2.75) is 45.2 Å². The fraction of sp³-hybridized carbons (Fsp3) is 0.417. The van der Waals surface area contributed by atoms with Gasteiger partial charge >= 0.3 is 12.0 Å². The molecule has 0 aliphatic carbocycles. The Labute approximate surface area is 210 Å². The number of benzene rings is 2. The maximum Gasteiger partial charge on any atom is 0.315 e. The fourth-order valence-corrected chi connectivity index (χ4v) is 4.03. The fourth-order valence-electron chi connectivity index (χ4n) is 3.43. The molecule has 180 valence electrons. The molecule has 2 amide bonds. The van der Waals surface area contributed by atoms with E-state index in [1.165, 1.54) is 0 Å². The number of carboxylic acids is 1. The number of aliphatic carboxylic acids is 1. The summed E-state index contributed by atoms with van der Waals surface area (Å²) in [6, 6.07) is 12.8. The smallest absolute Gasteiger partial charge is 0.315 e. The lowest BCUT2D eigenvalue weighted by Gasteiger charge is -2.29. The van der Waals surface area contributed by atoms with Crippen LogP contribution in [-0.2, 0) is 11.3 Å². The summed E-state index contributed by atoms with van der Waals surface area (Å²) in [6.45, 7) is 4.45. The molecule has 0 aromatic heterocycles. The number of rotatable bonds is 13. The molecular weight excluding hydrogens is 485 g/mol. The zero-order valence-corrected chi connectivity index (χ0v) is 20.9. The van der Waals surface area contributed by atoms with Gasteiger partial charge in [-0.2, -0.15) is 0 Å². The molecule has 0 fully saturated rings. The Morgan fingerprint density at radius 3 is 2.27 bits per heavy atom. The van der Waals surface area contributed by atoms with Gasteiger partial charge in [0, 0.05) is 40.6 Å². The first-order valence-electron chi connectivity index (χ1n) is 10.9. The van der Waals surface area contributed by atoms with Crippen molar-refractivity contribution in [3.05, 3.63) is 68.7 Å². The minimum absolute atomic E-state index is 0.136. The van der Waals surface area contributed by atoms with Crippen molar-refractivity contribution in [1.29, 1.82) is 0 Å². The van der Waals surface area contributed by atoms with E-state index >= 15 is 0 Å². The molecule has 2 aromatic rings. The summed E-state index contributed by atoms with van der Waals surface area (Å²) >= 11 is 18.0. The molecule has 1 unspecified atom stereocenters. The third-order valence-corrected chi connectivity index (χ3v) is 6.19. The highest BCUT2D eigenvalue weighted by atomic mass is 35.5. The summed E-state index contributed by atoms with van der Waals surface area (Å²) in [4.78, 5) is 25.2. The van der Waals surface area contributed by atoms with Crippen molar-refractivity contribution in [3.63, 3.8) is 0 Å². The second kappa shape index (κ2) is 14.3. The van der Waals surface area contributed by atoms with Gasteiger partial charge in [-0.1, -0.05) is 53.0 Å². The Morgan fingerprint density at radius 2 is 1.61 bits per heavy atom. The normalized spacial score (nSPS) is 11.9. The molecule has 0 aliphatic heterocycles. The molecule has 2 rings (SSSR count). The molecular formula is C24H30Cl3N3O3. The largest absolute Gasteiger partial charge is 0.481 e. The van der Waals surface area contributed by atoms with Crippen LogP contribution in [0.25, 0.3) is 0 Å². The van der Waals surface area contributed by atoms with Gasteiger partial charge in [0.05, 0.1) is 0 Å². The highest BCUT2D eigenvalue weighted by Gasteiger charge is 2.16. The van der Waals surface area contributed by atoms with Crippen LogP contribution in [-0.4, -0.2) is 41.6 Å². The van der Waals surface area contributed by atoms with E-state index in [9.17, 15) is 9.59 Å². The average molecular weight is 515 g/mol. The topological polar surface area (TPSA) is 81.7 Å². The van der Waals surface area contributed by atoms with Crippen LogP contribution < -0.4 is 10.6 Å². The van der Waals surface area contributed by atoms with E-state index < -0.39 is 5.97 Å². The Bertz CT molecular complexity index is 910. The first-order chi connectivity index (χ1) is 15.8. The van der Waals surface area contributed by atoms with E-state index in [0.29, 0.717) is 41.1 Å². The van der Waals surface area contributed by atoms with Gasteiger partial charge in [0.1, 0.15) is 0 Å².